The zero-order chi connectivity index (χ0) is 20.6. The molecule has 5 nitrogen and oxygen atoms in total. The number of anilines is 2. The topological polar surface area (TPSA) is 49.3 Å². The average molecular weight is 389 g/mol. The average Bonchev–Trinajstić information content (AvgIpc) is 2.76. The summed E-state index contributed by atoms with van der Waals surface area (Å²) in [5.74, 6) is 0.463. The second kappa shape index (κ2) is 9.82. The number of aromatic nitrogens is 2. The summed E-state index contributed by atoms with van der Waals surface area (Å²) in [7, 11) is 1.83. The number of carbonyl (C=O) groups is 1. The second-order valence-electron chi connectivity index (χ2n) is 7.18. The standard InChI is InChI=1S/C24H28N4O/c1-4-5-16-27(3)23(29)22-17-19(2)25-24(26-22)28(21-14-10-7-11-15-21)18-20-12-8-6-9-13-20/h6-15,17H,4-5,16,18H2,1-3H3. The summed E-state index contributed by atoms with van der Waals surface area (Å²) in [6.07, 6.45) is 2.02. The fraction of sp³-hybridized carbons (Fsp3) is 0.292. The van der Waals surface area contributed by atoms with Gasteiger partial charge in [0.15, 0.2) is 0 Å². The molecule has 150 valence electrons. The van der Waals surface area contributed by atoms with E-state index in [-0.39, 0.29) is 5.91 Å². The quantitative estimate of drug-likeness (QED) is 0.545. The van der Waals surface area contributed by atoms with Gasteiger partial charge in [0.2, 0.25) is 5.95 Å². The number of amides is 1. The van der Waals surface area contributed by atoms with Gasteiger partial charge in [-0.2, -0.15) is 0 Å². The van der Waals surface area contributed by atoms with Gasteiger partial charge in [0.25, 0.3) is 5.91 Å². The van der Waals surface area contributed by atoms with Crippen LogP contribution >= 0.6 is 0 Å². The van der Waals surface area contributed by atoms with Crippen molar-refractivity contribution >= 4 is 17.5 Å². The molecule has 0 N–H and O–H groups in total. The molecule has 1 amide bonds. The van der Waals surface area contributed by atoms with E-state index in [0.29, 0.717) is 18.2 Å². The molecule has 2 aromatic carbocycles. The minimum absolute atomic E-state index is 0.0714. The molecule has 0 aliphatic heterocycles. The van der Waals surface area contributed by atoms with Gasteiger partial charge >= 0.3 is 0 Å². The number of hydrogen-bond acceptors (Lipinski definition) is 4. The lowest BCUT2D eigenvalue weighted by atomic mass is 10.2. The molecule has 3 aromatic rings. The monoisotopic (exact) mass is 388 g/mol. The van der Waals surface area contributed by atoms with Gasteiger partial charge in [-0.15, -0.1) is 0 Å². The Balaban J connectivity index is 1.97. The molecular formula is C24H28N4O. The molecule has 0 spiro atoms. The minimum atomic E-state index is -0.0714. The van der Waals surface area contributed by atoms with E-state index in [1.165, 1.54) is 0 Å². The number of para-hydroxylation sites is 1. The van der Waals surface area contributed by atoms with Crippen LogP contribution in [0.2, 0.25) is 0 Å². The predicted molar refractivity (Wildman–Crippen MR) is 117 cm³/mol. The Morgan fingerprint density at radius 3 is 2.28 bits per heavy atom. The second-order valence-corrected chi connectivity index (χ2v) is 7.18. The molecule has 3 rings (SSSR count). The van der Waals surface area contributed by atoms with Crippen LogP contribution in [0.15, 0.2) is 66.7 Å². The number of rotatable bonds is 8. The van der Waals surface area contributed by atoms with Crippen molar-refractivity contribution in [3.8, 4) is 0 Å². The van der Waals surface area contributed by atoms with Gasteiger partial charge in [0, 0.05) is 25.0 Å². The molecule has 0 atom stereocenters. The summed E-state index contributed by atoms with van der Waals surface area (Å²) < 4.78 is 0. The molecule has 0 saturated heterocycles. The molecule has 5 heteroatoms. The molecule has 0 aliphatic carbocycles. The van der Waals surface area contributed by atoms with Crippen molar-refractivity contribution in [2.24, 2.45) is 0 Å². The van der Waals surface area contributed by atoms with Crippen LogP contribution in [-0.4, -0.2) is 34.4 Å². The number of hydrogen-bond donors (Lipinski definition) is 0. The van der Waals surface area contributed by atoms with Crippen molar-refractivity contribution in [3.05, 3.63) is 83.7 Å². The van der Waals surface area contributed by atoms with Crippen molar-refractivity contribution in [2.45, 2.75) is 33.2 Å². The Hall–Kier alpha value is -3.21. The van der Waals surface area contributed by atoms with Crippen LogP contribution in [0.3, 0.4) is 0 Å². The smallest absolute Gasteiger partial charge is 0.272 e. The molecule has 1 aromatic heterocycles. The summed E-state index contributed by atoms with van der Waals surface area (Å²) in [5, 5.41) is 0. The first-order chi connectivity index (χ1) is 14.1. The Labute approximate surface area is 173 Å². The van der Waals surface area contributed by atoms with Crippen LogP contribution in [-0.2, 0) is 6.54 Å². The van der Waals surface area contributed by atoms with E-state index < -0.39 is 0 Å². The number of carbonyl (C=O) groups excluding carboxylic acids is 1. The zero-order valence-electron chi connectivity index (χ0n) is 17.4. The number of unbranched alkanes of at least 4 members (excludes halogenated alkanes) is 1. The van der Waals surface area contributed by atoms with Crippen LogP contribution in [0.25, 0.3) is 0 Å². The SMILES string of the molecule is CCCCN(C)C(=O)c1cc(C)nc(N(Cc2ccccc2)c2ccccc2)n1. The van der Waals surface area contributed by atoms with Crippen LogP contribution in [0.1, 0.15) is 41.5 Å². The highest BCUT2D eigenvalue weighted by Gasteiger charge is 2.19. The van der Waals surface area contributed by atoms with Crippen molar-refractivity contribution < 1.29 is 4.79 Å². The normalized spacial score (nSPS) is 10.6. The molecule has 0 radical (unpaired) electrons. The highest BCUT2D eigenvalue weighted by Crippen LogP contribution is 2.25. The fourth-order valence-corrected chi connectivity index (χ4v) is 3.13. The summed E-state index contributed by atoms with van der Waals surface area (Å²) in [6.45, 7) is 5.36. The van der Waals surface area contributed by atoms with Gasteiger partial charge in [0.05, 0.1) is 6.54 Å². The van der Waals surface area contributed by atoms with Crippen LogP contribution in [0.4, 0.5) is 11.6 Å². The summed E-state index contributed by atoms with van der Waals surface area (Å²) in [6, 6.07) is 22.0. The number of aryl methyl sites for hydroxylation is 1. The maximum absolute atomic E-state index is 12.9. The molecule has 0 saturated carbocycles. The third-order valence-corrected chi connectivity index (χ3v) is 4.75. The molecule has 0 aliphatic rings. The fourth-order valence-electron chi connectivity index (χ4n) is 3.13. The minimum Gasteiger partial charge on any atom is -0.340 e. The van der Waals surface area contributed by atoms with Gasteiger partial charge in [-0.1, -0.05) is 61.9 Å². The van der Waals surface area contributed by atoms with E-state index in [0.717, 1.165) is 36.3 Å². The van der Waals surface area contributed by atoms with E-state index >= 15 is 0 Å². The predicted octanol–water partition coefficient (Wildman–Crippen LogP) is 5.00. The Morgan fingerprint density at radius 1 is 0.966 bits per heavy atom. The van der Waals surface area contributed by atoms with Gasteiger partial charge < -0.3 is 9.80 Å². The number of benzene rings is 2. The lowest BCUT2D eigenvalue weighted by Gasteiger charge is -2.24. The van der Waals surface area contributed by atoms with E-state index in [1.54, 1.807) is 11.0 Å². The largest absolute Gasteiger partial charge is 0.340 e. The van der Waals surface area contributed by atoms with Gasteiger partial charge in [-0.3, -0.25) is 4.79 Å². The van der Waals surface area contributed by atoms with Crippen LogP contribution in [0.5, 0.6) is 0 Å². The summed E-state index contributed by atoms with van der Waals surface area (Å²) in [4.78, 5) is 26.0. The lowest BCUT2D eigenvalue weighted by Crippen LogP contribution is -2.29. The lowest BCUT2D eigenvalue weighted by molar-refractivity contribution is 0.0787. The van der Waals surface area contributed by atoms with Gasteiger partial charge in [0.1, 0.15) is 5.69 Å². The Kier molecular flexibility index (Phi) is 6.95. The first-order valence-electron chi connectivity index (χ1n) is 10.1. The first kappa shape index (κ1) is 20.5. The summed E-state index contributed by atoms with van der Waals surface area (Å²) >= 11 is 0. The van der Waals surface area contributed by atoms with Crippen molar-refractivity contribution in [2.75, 3.05) is 18.5 Å². The molecule has 29 heavy (non-hydrogen) atoms. The molecular weight excluding hydrogens is 360 g/mol. The van der Waals surface area contributed by atoms with Crippen molar-refractivity contribution in [1.82, 2.24) is 14.9 Å². The molecule has 1 heterocycles. The van der Waals surface area contributed by atoms with E-state index in [1.807, 2.05) is 67.4 Å². The Bertz CT molecular complexity index is 928. The van der Waals surface area contributed by atoms with Crippen LogP contribution in [0, 0.1) is 6.92 Å². The Morgan fingerprint density at radius 2 is 1.62 bits per heavy atom. The zero-order valence-corrected chi connectivity index (χ0v) is 17.4. The highest BCUT2D eigenvalue weighted by molar-refractivity contribution is 5.92. The molecule has 0 unspecified atom stereocenters. The van der Waals surface area contributed by atoms with Crippen LogP contribution < -0.4 is 4.90 Å². The maximum Gasteiger partial charge on any atom is 0.272 e. The molecule has 0 bridgehead atoms. The van der Waals surface area contributed by atoms with Crippen molar-refractivity contribution in [1.29, 1.82) is 0 Å². The first-order valence-corrected chi connectivity index (χ1v) is 10.1. The van der Waals surface area contributed by atoms with E-state index in [2.05, 4.69) is 29.0 Å². The highest BCUT2D eigenvalue weighted by atomic mass is 16.2. The van der Waals surface area contributed by atoms with Crippen molar-refractivity contribution in [3.63, 3.8) is 0 Å². The van der Waals surface area contributed by atoms with E-state index in [9.17, 15) is 4.79 Å². The third-order valence-electron chi connectivity index (χ3n) is 4.75. The van der Waals surface area contributed by atoms with E-state index in [4.69, 9.17) is 0 Å². The third kappa shape index (κ3) is 5.41. The summed E-state index contributed by atoms with van der Waals surface area (Å²) in [5.41, 5.74) is 3.34. The molecule has 0 fully saturated rings. The number of nitrogens with zero attached hydrogens (tertiary/aromatic N) is 4. The maximum atomic E-state index is 12.9. The van der Waals surface area contributed by atoms with Gasteiger partial charge in [-0.05, 0) is 37.1 Å². The van der Waals surface area contributed by atoms with Gasteiger partial charge in [-0.25, -0.2) is 9.97 Å².